The highest BCUT2D eigenvalue weighted by Gasteiger charge is 2.09. The number of phenols is 1. The summed E-state index contributed by atoms with van der Waals surface area (Å²) >= 11 is 0. The lowest BCUT2D eigenvalue weighted by Crippen LogP contribution is -1.98. The standard InChI is InChI=1S/C17H15NO3/c1-18-14(8-11-2-5-15(19)6-3-11)10-13-9-12(17(20)21)4-7-16(13)18/h2-7,9-10,19H,8H2,1H3,(H,20,21). The Kier molecular flexibility index (Phi) is 3.14. The number of aromatic carboxylic acids is 1. The SMILES string of the molecule is Cn1c(Cc2ccc(O)cc2)cc2cc(C(=O)O)ccc21. The molecule has 0 fully saturated rings. The Hall–Kier alpha value is -2.75. The van der Waals surface area contributed by atoms with Crippen LogP contribution in [0.4, 0.5) is 0 Å². The second-order valence-electron chi connectivity index (χ2n) is 5.12. The fourth-order valence-corrected chi connectivity index (χ4v) is 2.53. The van der Waals surface area contributed by atoms with Gasteiger partial charge in [-0.25, -0.2) is 4.79 Å². The molecule has 3 aromatic rings. The topological polar surface area (TPSA) is 62.5 Å². The summed E-state index contributed by atoms with van der Waals surface area (Å²) in [5, 5.41) is 19.3. The van der Waals surface area contributed by atoms with Crippen molar-refractivity contribution in [3.63, 3.8) is 0 Å². The van der Waals surface area contributed by atoms with Crippen LogP contribution in [0.3, 0.4) is 0 Å². The summed E-state index contributed by atoms with van der Waals surface area (Å²) in [4.78, 5) is 11.0. The molecule has 0 unspecified atom stereocenters. The lowest BCUT2D eigenvalue weighted by atomic mass is 10.1. The molecule has 0 saturated carbocycles. The third kappa shape index (κ3) is 2.48. The number of nitrogens with zero attached hydrogens (tertiary/aromatic N) is 1. The molecule has 2 aromatic carbocycles. The van der Waals surface area contributed by atoms with E-state index in [0.717, 1.165) is 28.6 Å². The van der Waals surface area contributed by atoms with Crippen molar-refractivity contribution in [1.82, 2.24) is 4.57 Å². The first-order valence-corrected chi connectivity index (χ1v) is 6.64. The summed E-state index contributed by atoms with van der Waals surface area (Å²) in [7, 11) is 1.97. The number of phenolic OH excluding ortho intramolecular Hbond substituents is 1. The molecule has 0 aliphatic rings. The smallest absolute Gasteiger partial charge is 0.335 e. The van der Waals surface area contributed by atoms with Gasteiger partial charge in [-0.05, 0) is 42.0 Å². The minimum Gasteiger partial charge on any atom is -0.508 e. The summed E-state index contributed by atoms with van der Waals surface area (Å²) in [6.45, 7) is 0. The molecule has 0 radical (unpaired) electrons. The maximum absolute atomic E-state index is 11.0. The van der Waals surface area contributed by atoms with Gasteiger partial charge >= 0.3 is 5.97 Å². The van der Waals surface area contributed by atoms with E-state index in [1.165, 1.54) is 0 Å². The van der Waals surface area contributed by atoms with Gasteiger partial charge in [0.25, 0.3) is 0 Å². The molecule has 1 heterocycles. The van der Waals surface area contributed by atoms with E-state index in [9.17, 15) is 9.90 Å². The summed E-state index contributed by atoms with van der Waals surface area (Å²) < 4.78 is 2.06. The van der Waals surface area contributed by atoms with Crippen LogP contribution < -0.4 is 0 Å². The largest absolute Gasteiger partial charge is 0.508 e. The molecule has 0 aliphatic heterocycles. The van der Waals surface area contributed by atoms with Crippen LogP contribution in [-0.2, 0) is 13.5 Å². The van der Waals surface area contributed by atoms with Crippen LogP contribution in [0.5, 0.6) is 5.75 Å². The van der Waals surface area contributed by atoms with Crippen LogP contribution in [0.25, 0.3) is 10.9 Å². The number of fused-ring (bicyclic) bond motifs is 1. The molecule has 0 saturated heterocycles. The molecule has 2 N–H and O–H groups in total. The molecular weight excluding hydrogens is 266 g/mol. The lowest BCUT2D eigenvalue weighted by Gasteiger charge is -2.05. The Morgan fingerprint density at radius 1 is 1.10 bits per heavy atom. The van der Waals surface area contributed by atoms with Gasteiger partial charge in [-0.15, -0.1) is 0 Å². The van der Waals surface area contributed by atoms with Gasteiger partial charge in [0.15, 0.2) is 0 Å². The van der Waals surface area contributed by atoms with E-state index in [1.54, 1.807) is 24.3 Å². The quantitative estimate of drug-likeness (QED) is 0.775. The van der Waals surface area contributed by atoms with Gasteiger partial charge in [0.05, 0.1) is 5.56 Å². The Labute approximate surface area is 121 Å². The third-order valence-electron chi connectivity index (χ3n) is 3.71. The Morgan fingerprint density at radius 2 is 1.81 bits per heavy atom. The first-order valence-electron chi connectivity index (χ1n) is 6.64. The van der Waals surface area contributed by atoms with Crippen molar-refractivity contribution in [3.05, 3.63) is 65.4 Å². The Balaban J connectivity index is 2.00. The van der Waals surface area contributed by atoms with Gasteiger partial charge < -0.3 is 14.8 Å². The highest BCUT2D eigenvalue weighted by molar-refractivity contribution is 5.94. The number of benzene rings is 2. The molecular formula is C17H15NO3. The van der Waals surface area contributed by atoms with Crippen LogP contribution >= 0.6 is 0 Å². The van der Waals surface area contributed by atoms with E-state index < -0.39 is 5.97 Å². The van der Waals surface area contributed by atoms with Crippen molar-refractivity contribution in [1.29, 1.82) is 0 Å². The number of hydrogen-bond acceptors (Lipinski definition) is 2. The molecule has 106 valence electrons. The third-order valence-corrected chi connectivity index (χ3v) is 3.71. The van der Waals surface area contributed by atoms with Crippen molar-refractivity contribution in [2.75, 3.05) is 0 Å². The van der Waals surface area contributed by atoms with E-state index in [4.69, 9.17) is 5.11 Å². The monoisotopic (exact) mass is 281 g/mol. The number of hydrogen-bond donors (Lipinski definition) is 2. The zero-order valence-corrected chi connectivity index (χ0v) is 11.6. The van der Waals surface area contributed by atoms with Gasteiger partial charge in [-0.3, -0.25) is 0 Å². The predicted octanol–water partition coefficient (Wildman–Crippen LogP) is 3.17. The van der Waals surface area contributed by atoms with Crippen molar-refractivity contribution in [3.8, 4) is 5.75 Å². The predicted molar refractivity (Wildman–Crippen MR) is 80.8 cm³/mol. The van der Waals surface area contributed by atoms with E-state index in [0.29, 0.717) is 5.56 Å². The lowest BCUT2D eigenvalue weighted by molar-refractivity contribution is 0.0697. The zero-order chi connectivity index (χ0) is 15.0. The van der Waals surface area contributed by atoms with Crippen LogP contribution in [0.1, 0.15) is 21.6 Å². The average molecular weight is 281 g/mol. The van der Waals surface area contributed by atoms with Gasteiger partial charge in [0.1, 0.15) is 5.75 Å². The van der Waals surface area contributed by atoms with E-state index in [1.807, 2.05) is 31.3 Å². The van der Waals surface area contributed by atoms with Crippen LogP contribution in [-0.4, -0.2) is 20.7 Å². The molecule has 3 rings (SSSR count). The van der Waals surface area contributed by atoms with Gasteiger partial charge in [-0.2, -0.15) is 0 Å². The summed E-state index contributed by atoms with van der Waals surface area (Å²) in [5.41, 5.74) is 3.49. The molecule has 4 nitrogen and oxygen atoms in total. The molecule has 4 heteroatoms. The highest BCUT2D eigenvalue weighted by Crippen LogP contribution is 2.23. The fourth-order valence-electron chi connectivity index (χ4n) is 2.53. The Morgan fingerprint density at radius 3 is 2.48 bits per heavy atom. The first kappa shape index (κ1) is 13.2. The van der Waals surface area contributed by atoms with Crippen LogP contribution in [0.2, 0.25) is 0 Å². The summed E-state index contributed by atoms with van der Waals surface area (Å²) in [6.07, 6.45) is 0.730. The van der Waals surface area contributed by atoms with Gasteiger partial charge in [-0.1, -0.05) is 12.1 Å². The van der Waals surface area contributed by atoms with Crippen molar-refractivity contribution >= 4 is 16.9 Å². The van der Waals surface area contributed by atoms with Gasteiger partial charge in [0, 0.05) is 30.1 Å². The molecule has 21 heavy (non-hydrogen) atoms. The number of aromatic hydroxyl groups is 1. The number of carboxylic acid groups (broad SMARTS) is 1. The number of rotatable bonds is 3. The normalized spacial score (nSPS) is 10.9. The first-order chi connectivity index (χ1) is 10.0. The maximum atomic E-state index is 11.0. The van der Waals surface area contributed by atoms with E-state index in [2.05, 4.69) is 4.57 Å². The fraction of sp³-hybridized carbons (Fsp3) is 0.118. The molecule has 1 aromatic heterocycles. The van der Waals surface area contributed by atoms with E-state index in [-0.39, 0.29) is 5.75 Å². The molecule has 0 aliphatic carbocycles. The van der Waals surface area contributed by atoms with Crippen LogP contribution in [0, 0.1) is 0 Å². The minimum atomic E-state index is -0.916. The summed E-state index contributed by atoms with van der Waals surface area (Å²) in [6, 6.07) is 14.3. The highest BCUT2D eigenvalue weighted by atomic mass is 16.4. The minimum absolute atomic E-state index is 0.252. The van der Waals surface area contributed by atoms with E-state index >= 15 is 0 Å². The molecule has 0 atom stereocenters. The maximum Gasteiger partial charge on any atom is 0.335 e. The molecule has 0 amide bonds. The zero-order valence-electron chi connectivity index (χ0n) is 11.6. The number of aryl methyl sites for hydroxylation is 1. The van der Waals surface area contributed by atoms with Crippen molar-refractivity contribution in [2.24, 2.45) is 7.05 Å². The van der Waals surface area contributed by atoms with Crippen molar-refractivity contribution in [2.45, 2.75) is 6.42 Å². The Bertz CT molecular complexity index is 816. The number of aromatic nitrogens is 1. The average Bonchev–Trinajstić information content (AvgIpc) is 2.77. The van der Waals surface area contributed by atoms with Gasteiger partial charge in [0.2, 0.25) is 0 Å². The summed E-state index contributed by atoms with van der Waals surface area (Å²) in [5.74, 6) is -0.664. The van der Waals surface area contributed by atoms with Crippen LogP contribution in [0.15, 0.2) is 48.5 Å². The van der Waals surface area contributed by atoms with Crippen molar-refractivity contribution < 1.29 is 15.0 Å². The number of carbonyl (C=O) groups is 1. The molecule has 0 bridgehead atoms. The molecule has 0 spiro atoms. The second kappa shape index (κ2) is 4.98. The number of carboxylic acids is 1. The second-order valence-corrected chi connectivity index (χ2v) is 5.12.